The SMILES string of the molecule is CNCc1cn(CCOc2ccccc2)cn1. The number of hydrogen-bond acceptors (Lipinski definition) is 3. The molecule has 0 unspecified atom stereocenters. The first-order valence-corrected chi connectivity index (χ1v) is 5.71. The zero-order valence-electron chi connectivity index (χ0n) is 9.97. The molecule has 1 aromatic heterocycles. The molecule has 0 aliphatic heterocycles. The third-order valence-electron chi connectivity index (χ3n) is 2.41. The van der Waals surface area contributed by atoms with Crippen LogP contribution in [-0.4, -0.2) is 23.2 Å². The van der Waals surface area contributed by atoms with Gasteiger partial charge in [-0.1, -0.05) is 18.2 Å². The summed E-state index contributed by atoms with van der Waals surface area (Å²) in [5.74, 6) is 0.906. The molecule has 4 heteroatoms. The van der Waals surface area contributed by atoms with E-state index in [4.69, 9.17) is 4.74 Å². The standard InChI is InChI=1S/C13H17N3O/c1-14-9-12-10-16(11-15-12)7-8-17-13-5-3-2-4-6-13/h2-6,10-11,14H,7-9H2,1H3. The van der Waals surface area contributed by atoms with Gasteiger partial charge in [0.05, 0.1) is 18.6 Å². The fourth-order valence-electron chi connectivity index (χ4n) is 1.59. The Morgan fingerprint density at radius 1 is 1.29 bits per heavy atom. The Morgan fingerprint density at radius 3 is 2.88 bits per heavy atom. The largest absolute Gasteiger partial charge is 0.492 e. The molecule has 0 saturated carbocycles. The molecule has 1 N–H and O–H groups in total. The van der Waals surface area contributed by atoms with Crippen LogP contribution in [0.1, 0.15) is 5.69 Å². The fraction of sp³-hybridized carbons (Fsp3) is 0.308. The molecule has 17 heavy (non-hydrogen) atoms. The van der Waals surface area contributed by atoms with Crippen molar-refractivity contribution in [1.82, 2.24) is 14.9 Å². The molecule has 0 fully saturated rings. The molecule has 0 aliphatic carbocycles. The van der Waals surface area contributed by atoms with Crippen LogP contribution in [-0.2, 0) is 13.1 Å². The topological polar surface area (TPSA) is 39.1 Å². The van der Waals surface area contributed by atoms with Crippen LogP contribution in [0.15, 0.2) is 42.9 Å². The van der Waals surface area contributed by atoms with E-state index in [0.717, 1.165) is 24.5 Å². The van der Waals surface area contributed by atoms with Crippen molar-refractivity contribution in [3.05, 3.63) is 48.5 Å². The van der Waals surface area contributed by atoms with Gasteiger partial charge < -0.3 is 14.6 Å². The molecule has 2 aromatic rings. The van der Waals surface area contributed by atoms with Gasteiger partial charge in [-0.25, -0.2) is 4.98 Å². The second-order valence-electron chi connectivity index (χ2n) is 3.79. The maximum atomic E-state index is 5.61. The van der Waals surface area contributed by atoms with Crippen molar-refractivity contribution in [2.24, 2.45) is 0 Å². The summed E-state index contributed by atoms with van der Waals surface area (Å²) in [5, 5.41) is 3.07. The van der Waals surface area contributed by atoms with E-state index in [2.05, 4.69) is 10.3 Å². The minimum absolute atomic E-state index is 0.652. The highest BCUT2D eigenvalue weighted by molar-refractivity contribution is 5.20. The fourth-order valence-corrected chi connectivity index (χ4v) is 1.59. The maximum absolute atomic E-state index is 5.61. The van der Waals surface area contributed by atoms with Crippen molar-refractivity contribution >= 4 is 0 Å². The van der Waals surface area contributed by atoms with Crippen LogP contribution in [0.25, 0.3) is 0 Å². The van der Waals surface area contributed by atoms with Crippen LogP contribution in [0.3, 0.4) is 0 Å². The third-order valence-corrected chi connectivity index (χ3v) is 2.41. The van der Waals surface area contributed by atoms with Gasteiger partial charge >= 0.3 is 0 Å². The molecule has 90 valence electrons. The molecular weight excluding hydrogens is 214 g/mol. The van der Waals surface area contributed by atoms with E-state index in [9.17, 15) is 0 Å². The molecule has 0 atom stereocenters. The Balaban J connectivity index is 1.78. The normalized spacial score (nSPS) is 10.4. The monoisotopic (exact) mass is 231 g/mol. The Hall–Kier alpha value is -1.81. The molecule has 1 aromatic carbocycles. The van der Waals surface area contributed by atoms with Crippen LogP contribution < -0.4 is 10.1 Å². The number of rotatable bonds is 6. The zero-order chi connectivity index (χ0) is 11.9. The van der Waals surface area contributed by atoms with Gasteiger partial charge in [0.15, 0.2) is 0 Å². The van der Waals surface area contributed by atoms with Gasteiger partial charge in [0.1, 0.15) is 12.4 Å². The van der Waals surface area contributed by atoms with E-state index in [-0.39, 0.29) is 0 Å². The number of ether oxygens (including phenoxy) is 1. The highest BCUT2D eigenvalue weighted by atomic mass is 16.5. The van der Waals surface area contributed by atoms with Crippen LogP contribution in [0.5, 0.6) is 5.75 Å². The number of aromatic nitrogens is 2. The first kappa shape index (κ1) is 11.7. The van der Waals surface area contributed by atoms with E-state index in [1.165, 1.54) is 0 Å². The maximum Gasteiger partial charge on any atom is 0.119 e. The molecule has 0 spiro atoms. The van der Waals surface area contributed by atoms with Crippen molar-refractivity contribution in [3.63, 3.8) is 0 Å². The van der Waals surface area contributed by atoms with Crippen LogP contribution in [0.4, 0.5) is 0 Å². The summed E-state index contributed by atoms with van der Waals surface area (Å²) in [7, 11) is 1.91. The molecule has 0 saturated heterocycles. The predicted molar refractivity (Wildman–Crippen MR) is 66.9 cm³/mol. The van der Waals surface area contributed by atoms with Gasteiger partial charge in [0.2, 0.25) is 0 Å². The molecule has 0 aliphatic rings. The molecule has 4 nitrogen and oxygen atoms in total. The van der Waals surface area contributed by atoms with Gasteiger partial charge in [-0.2, -0.15) is 0 Å². The quantitative estimate of drug-likeness (QED) is 0.822. The second kappa shape index (κ2) is 6.06. The highest BCUT2D eigenvalue weighted by Gasteiger charge is 1.97. The van der Waals surface area contributed by atoms with Crippen molar-refractivity contribution < 1.29 is 4.74 Å². The van der Waals surface area contributed by atoms with Crippen molar-refractivity contribution in [2.45, 2.75) is 13.1 Å². The number of nitrogens with one attached hydrogen (secondary N) is 1. The van der Waals surface area contributed by atoms with Gasteiger partial charge in [0.25, 0.3) is 0 Å². The van der Waals surface area contributed by atoms with Crippen molar-refractivity contribution in [2.75, 3.05) is 13.7 Å². The molecule has 2 rings (SSSR count). The molecule has 0 radical (unpaired) electrons. The molecule has 0 amide bonds. The van der Waals surface area contributed by atoms with E-state index in [1.807, 2.05) is 54.5 Å². The molecule has 0 bridgehead atoms. The van der Waals surface area contributed by atoms with Crippen LogP contribution in [0.2, 0.25) is 0 Å². The van der Waals surface area contributed by atoms with E-state index >= 15 is 0 Å². The first-order valence-electron chi connectivity index (χ1n) is 5.71. The minimum Gasteiger partial charge on any atom is -0.492 e. The van der Waals surface area contributed by atoms with E-state index in [0.29, 0.717) is 6.61 Å². The lowest BCUT2D eigenvalue weighted by molar-refractivity contribution is 0.298. The summed E-state index contributed by atoms with van der Waals surface area (Å²) in [6.45, 7) is 2.26. The van der Waals surface area contributed by atoms with Gasteiger partial charge in [0, 0.05) is 12.7 Å². The summed E-state index contributed by atoms with van der Waals surface area (Å²) >= 11 is 0. The lowest BCUT2D eigenvalue weighted by atomic mass is 10.3. The Kier molecular flexibility index (Phi) is 4.16. The van der Waals surface area contributed by atoms with E-state index < -0.39 is 0 Å². The average Bonchev–Trinajstić information content (AvgIpc) is 2.79. The Labute approximate surface area is 101 Å². The first-order chi connectivity index (χ1) is 8.38. The second-order valence-corrected chi connectivity index (χ2v) is 3.79. The summed E-state index contributed by atoms with van der Waals surface area (Å²) in [6, 6.07) is 9.84. The molecule has 1 heterocycles. The lowest BCUT2D eigenvalue weighted by Gasteiger charge is -2.05. The van der Waals surface area contributed by atoms with Gasteiger partial charge in [-0.15, -0.1) is 0 Å². The number of imidazole rings is 1. The highest BCUT2D eigenvalue weighted by Crippen LogP contribution is 2.08. The summed E-state index contributed by atoms with van der Waals surface area (Å²) in [6.07, 6.45) is 3.87. The number of para-hydroxylation sites is 1. The van der Waals surface area contributed by atoms with E-state index in [1.54, 1.807) is 0 Å². The van der Waals surface area contributed by atoms with Crippen molar-refractivity contribution in [3.8, 4) is 5.75 Å². The summed E-state index contributed by atoms with van der Waals surface area (Å²) < 4.78 is 7.65. The Bertz CT molecular complexity index is 439. The third kappa shape index (κ3) is 3.60. The predicted octanol–water partition coefficient (Wildman–Crippen LogP) is 1.68. The smallest absolute Gasteiger partial charge is 0.119 e. The number of benzene rings is 1. The number of nitrogens with zero attached hydrogens (tertiary/aromatic N) is 2. The minimum atomic E-state index is 0.652. The van der Waals surface area contributed by atoms with Gasteiger partial charge in [-0.05, 0) is 19.2 Å². The number of hydrogen-bond donors (Lipinski definition) is 1. The van der Waals surface area contributed by atoms with Crippen molar-refractivity contribution in [1.29, 1.82) is 0 Å². The van der Waals surface area contributed by atoms with Crippen LogP contribution in [0, 0.1) is 0 Å². The van der Waals surface area contributed by atoms with Gasteiger partial charge in [-0.3, -0.25) is 0 Å². The Morgan fingerprint density at radius 2 is 2.12 bits per heavy atom. The summed E-state index contributed by atoms with van der Waals surface area (Å²) in [4.78, 5) is 4.28. The summed E-state index contributed by atoms with van der Waals surface area (Å²) in [5.41, 5.74) is 1.05. The van der Waals surface area contributed by atoms with Crippen LogP contribution >= 0.6 is 0 Å². The zero-order valence-corrected chi connectivity index (χ0v) is 9.97. The lowest BCUT2D eigenvalue weighted by Crippen LogP contribution is -2.07. The molecular formula is C13H17N3O. The average molecular weight is 231 g/mol.